The first-order valence-electron chi connectivity index (χ1n) is 6.17. The molecular weight excluding hydrogens is 341 g/mol. The van der Waals surface area contributed by atoms with Crippen molar-refractivity contribution in [2.45, 2.75) is 6.61 Å². The van der Waals surface area contributed by atoms with E-state index in [0.29, 0.717) is 29.5 Å². The van der Waals surface area contributed by atoms with Gasteiger partial charge in [0.2, 0.25) is 0 Å². The van der Waals surface area contributed by atoms with E-state index in [1.807, 2.05) is 0 Å². The summed E-state index contributed by atoms with van der Waals surface area (Å²) in [5, 5.41) is 2.97. The van der Waals surface area contributed by atoms with Crippen molar-refractivity contribution in [3.63, 3.8) is 0 Å². The lowest BCUT2D eigenvalue weighted by Gasteiger charge is -2.11. The molecule has 1 heterocycles. The Balaban J connectivity index is 2.52. The summed E-state index contributed by atoms with van der Waals surface area (Å²) in [6, 6.07) is 4.60. The third-order valence-electron chi connectivity index (χ3n) is 2.85. The minimum absolute atomic E-state index is 0.182. The summed E-state index contributed by atoms with van der Waals surface area (Å²) in [4.78, 5) is 8.78. The largest absolute Gasteiger partial charge is 0.494 e. The van der Waals surface area contributed by atoms with Gasteiger partial charge in [0.25, 0.3) is 0 Å². The smallest absolute Gasteiger partial charge is 0.165 e. The van der Waals surface area contributed by atoms with Crippen LogP contribution in [0.15, 0.2) is 22.7 Å². The van der Waals surface area contributed by atoms with E-state index in [1.54, 1.807) is 26.3 Å². The van der Waals surface area contributed by atoms with Crippen LogP contribution in [0.3, 0.4) is 0 Å². The molecule has 21 heavy (non-hydrogen) atoms. The minimum Gasteiger partial charge on any atom is -0.494 e. The van der Waals surface area contributed by atoms with Crippen molar-refractivity contribution < 1.29 is 13.9 Å². The maximum Gasteiger partial charge on any atom is 0.165 e. The molecule has 0 amide bonds. The van der Waals surface area contributed by atoms with Gasteiger partial charge >= 0.3 is 0 Å². The molecule has 0 aliphatic heterocycles. The Kier molecular flexibility index (Phi) is 5.08. The highest BCUT2D eigenvalue weighted by atomic mass is 79.9. The van der Waals surface area contributed by atoms with Crippen LogP contribution in [0.25, 0.3) is 11.4 Å². The zero-order chi connectivity index (χ0) is 15.4. The SMILES string of the molecule is CNc1nc(-c2ccc(OC)c(F)c2)nc(COC)c1Br. The van der Waals surface area contributed by atoms with E-state index in [2.05, 4.69) is 31.2 Å². The zero-order valence-electron chi connectivity index (χ0n) is 11.9. The van der Waals surface area contributed by atoms with Gasteiger partial charge in [-0.2, -0.15) is 0 Å². The molecule has 0 saturated carbocycles. The van der Waals surface area contributed by atoms with Gasteiger partial charge < -0.3 is 14.8 Å². The third kappa shape index (κ3) is 3.30. The number of methoxy groups -OCH3 is 2. The van der Waals surface area contributed by atoms with Gasteiger partial charge in [0, 0.05) is 19.7 Å². The molecular formula is C14H15BrFN3O2. The highest BCUT2D eigenvalue weighted by Gasteiger charge is 2.14. The monoisotopic (exact) mass is 355 g/mol. The van der Waals surface area contributed by atoms with E-state index in [9.17, 15) is 4.39 Å². The number of ether oxygens (including phenoxy) is 2. The van der Waals surface area contributed by atoms with Gasteiger partial charge in [-0.3, -0.25) is 0 Å². The van der Waals surface area contributed by atoms with E-state index in [0.717, 1.165) is 4.47 Å². The fraction of sp³-hybridized carbons (Fsp3) is 0.286. The summed E-state index contributed by atoms with van der Waals surface area (Å²) >= 11 is 3.42. The number of hydrogen-bond donors (Lipinski definition) is 1. The lowest BCUT2D eigenvalue weighted by atomic mass is 10.2. The van der Waals surface area contributed by atoms with Crippen molar-refractivity contribution in [2.24, 2.45) is 0 Å². The summed E-state index contributed by atoms with van der Waals surface area (Å²) < 4.78 is 24.6. The minimum atomic E-state index is -0.458. The number of nitrogens with one attached hydrogen (secondary N) is 1. The van der Waals surface area contributed by atoms with Crippen molar-refractivity contribution in [2.75, 3.05) is 26.6 Å². The summed E-state index contributed by atoms with van der Waals surface area (Å²) in [6.45, 7) is 0.323. The summed E-state index contributed by atoms with van der Waals surface area (Å²) in [5.41, 5.74) is 1.25. The molecule has 1 N–H and O–H groups in total. The molecule has 1 aromatic carbocycles. The average molecular weight is 356 g/mol. The maximum atomic E-state index is 13.8. The lowest BCUT2D eigenvalue weighted by Crippen LogP contribution is -2.04. The Morgan fingerprint density at radius 2 is 2.05 bits per heavy atom. The van der Waals surface area contributed by atoms with Gasteiger partial charge in [0.15, 0.2) is 17.4 Å². The van der Waals surface area contributed by atoms with Crippen LogP contribution in [0.4, 0.5) is 10.2 Å². The molecule has 2 rings (SSSR count). The Morgan fingerprint density at radius 3 is 2.62 bits per heavy atom. The Morgan fingerprint density at radius 1 is 1.29 bits per heavy atom. The molecule has 0 radical (unpaired) electrons. The standard InChI is InChI=1S/C14H15BrFN3O2/c1-17-14-12(15)10(7-20-2)18-13(19-14)8-4-5-11(21-3)9(16)6-8/h4-6H,7H2,1-3H3,(H,17,18,19). The number of halogens is 2. The lowest BCUT2D eigenvalue weighted by molar-refractivity contribution is 0.181. The number of hydrogen-bond acceptors (Lipinski definition) is 5. The highest BCUT2D eigenvalue weighted by molar-refractivity contribution is 9.10. The van der Waals surface area contributed by atoms with Gasteiger partial charge in [-0.25, -0.2) is 14.4 Å². The van der Waals surface area contributed by atoms with E-state index in [1.165, 1.54) is 13.2 Å². The zero-order valence-corrected chi connectivity index (χ0v) is 13.5. The predicted molar refractivity (Wildman–Crippen MR) is 81.9 cm³/mol. The Hall–Kier alpha value is -1.73. The van der Waals surface area contributed by atoms with Crippen molar-refractivity contribution in [1.82, 2.24) is 9.97 Å². The molecule has 0 unspecified atom stereocenters. The van der Waals surface area contributed by atoms with Crippen LogP contribution in [-0.4, -0.2) is 31.2 Å². The molecule has 0 saturated heterocycles. The van der Waals surface area contributed by atoms with Crippen molar-refractivity contribution in [3.8, 4) is 17.1 Å². The molecule has 1 aromatic heterocycles. The van der Waals surface area contributed by atoms with E-state index in [-0.39, 0.29) is 5.75 Å². The normalized spacial score (nSPS) is 10.5. The summed E-state index contributed by atoms with van der Waals surface area (Å²) in [6.07, 6.45) is 0. The van der Waals surface area contributed by atoms with Crippen LogP contribution in [0, 0.1) is 5.82 Å². The van der Waals surface area contributed by atoms with Crippen molar-refractivity contribution in [1.29, 1.82) is 0 Å². The van der Waals surface area contributed by atoms with Crippen LogP contribution in [0.2, 0.25) is 0 Å². The molecule has 5 nitrogen and oxygen atoms in total. The van der Waals surface area contributed by atoms with Gasteiger partial charge in [-0.1, -0.05) is 0 Å². The van der Waals surface area contributed by atoms with Crippen LogP contribution < -0.4 is 10.1 Å². The third-order valence-corrected chi connectivity index (χ3v) is 3.68. The second kappa shape index (κ2) is 6.82. The van der Waals surface area contributed by atoms with Crippen LogP contribution in [-0.2, 0) is 11.3 Å². The molecule has 112 valence electrons. The molecule has 0 fully saturated rings. The molecule has 0 atom stereocenters. The van der Waals surface area contributed by atoms with E-state index in [4.69, 9.17) is 9.47 Å². The van der Waals surface area contributed by atoms with Crippen molar-refractivity contribution in [3.05, 3.63) is 34.2 Å². The molecule has 7 heteroatoms. The van der Waals surface area contributed by atoms with Crippen molar-refractivity contribution >= 4 is 21.7 Å². The molecule has 2 aromatic rings. The van der Waals surface area contributed by atoms with Gasteiger partial charge in [-0.15, -0.1) is 0 Å². The maximum absolute atomic E-state index is 13.8. The van der Waals surface area contributed by atoms with E-state index < -0.39 is 5.82 Å². The van der Waals surface area contributed by atoms with Crippen LogP contribution in [0.5, 0.6) is 5.75 Å². The Labute approximate surface area is 130 Å². The summed E-state index contributed by atoms with van der Waals surface area (Å²) in [5.74, 6) is 0.752. The number of benzene rings is 1. The molecule has 0 aliphatic carbocycles. The van der Waals surface area contributed by atoms with Gasteiger partial charge in [0.1, 0.15) is 5.82 Å². The quantitative estimate of drug-likeness (QED) is 0.892. The van der Waals surface area contributed by atoms with Gasteiger partial charge in [0.05, 0.1) is 23.9 Å². The highest BCUT2D eigenvalue weighted by Crippen LogP contribution is 2.29. The topological polar surface area (TPSA) is 56.3 Å². The number of rotatable bonds is 5. The first-order valence-corrected chi connectivity index (χ1v) is 6.97. The predicted octanol–water partition coefficient (Wildman–Crippen LogP) is 3.24. The van der Waals surface area contributed by atoms with Gasteiger partial charge in [-0.05, 0) is 34.1 Å². The number of aromatic nitrogens is 2. The van der Waals surface area contributed by atoms with E-state index >= 15 is 0 Å². The van der Waals surface area contributed by atoms with Crippen LogP contribution >= 0.6 is 15.9 Å². The number of anilines is 1. The fourth-order valence-electron chi connectivity index (χ4n) is 1.83. The molecule has 0 spiro atoms. The second-order valence-corrected chi connectivity index (χ2v) is 4.98. The summed E-state index contributed by atoms with van der Waals surface area (Å²) in [7, 11) is 4.76. The molecule has 0 bridgehead atoms. The first kappa shape index (κ1) is 15.7. The molecule has 0 aliphatic rings. The fourth-order valence-corrected chi connectivity index (χ4v) is 2.32. The van der Waals surface area contributed by atoms with Crippen LogP contribution in [0.1, 0.15) is 5.69 Å². The second-order valence-electron chi connectivity index (χ2n) is 4.19. The number of nitrogens with zero attached hydrogens (tertiary/aromatic N) is 2. The first-order chi connectivity index (χ1) is 10.1. The average Bonchev–Trinajstić information content (AvgIpc) is 2.49. The Bertz CT molecular complexity index is 652.